The van der Waals surface area contributed by atoms with Gasteiger partial charge in [0.15, 0.2) is 0 Å². The highest BCUT2D eigenvalue weighted by Gasteiger charge is 1.92. The van der Waals surface area contributed by atoms with Crippen LogP contribution in [0.3, 0.4) is 0 Å². The molecule has 120 valence electrons. The van der Waals surface area contributed by atoms with Gasteiger partial charge in [0, 0.05) is 39.3 Å². The van der Waals surface area contributed by atoms with Gasteiger partial charge in [-0.1, -0.05) is 60.7 Å². The molecule has 0 atom stereocenters. The molecule has 2 aromatic rings. The van der Waals surface area contributed by atoms with Gasteiger partial charge in [-0.2, -0.15) is 0 Å². The lowest BCUT2D eigenvalue weighted by Crippen LogP contribution is -2.32. The van der Waals surface area contributed by atoms with Crippen molar-refractivity contribution in [2.45, 2.75) is 13.1 Å². The fourth-order valence-electron chi connectivity index (χ4n) is 2.14. The van der Waals surface area contributed by atoms with Crippen LogP contribution in [-0.4, -0.2) is 26.2 Å². The van der Waals surface area contributed by atoms with Crippen LogP contribution in [-0.2, 0) is 13.1 Å². The summed E-state index contributed by atoms with van der Waals surface area (Å²) in [5, 5.41) is 10.3. The average molecular weight is 320 g/mol. The summed E-state index contributed by atoms with van der Waals surface area (Å²) >= 11 is 0. The Hall–Kier alpha value is -1.39. The summed E-state index contributed by atoms with van der Waals surface area (Å²) in [5.41, 5.74) is 2.67. The van der Waals surface area contributed by atoms with Gasteiger partial charge in [-0.15, -0.1) is 12.4 Å². The Kier molecular flexibility index (Phi) is 10.3. The van der Waals surface area contributed by atoms with Crippen LogP contribution in [0, 0.1) is 0 Å². The molecule has 0 unspecified atom stereocenters. The normalized spacial score (nSPS) is 10.2. The molecule has 2 aromatic carbocycles. The van der Waals surface area contributed by atoms with Gasteiger partial charge in [0.1, 0.15) is 0 Å². The van der Waals surface area contributed by atoms with Crippen LogP contribution in [0.25, 0.3) is 0 Å². The fraction of sp³-hybridized carbons (Fsp3) is 0.333. The molecule has 2 rings (SSSR count). The first-order valence-electron chi connectivity index (χ1n) is 7.65. The Labute approximate surface area is 139 Å². The highest BCUT2D eigenvalue weighted by molar-refractivity contribution is 5.85. The lowest BCUT2D eigenvalue weighted by molar-refractivity contribution is 0.581. The van der Waals surface area contributed by atoms with E-state index in [1.54, 1.807) is 0 Å². The molecule has 22 heavy (non-hydrogen) atoms. The highest BCUT2D eigenvalue weighted by atomic mass is 35.5. The van der Waals surface area contributed by atoms with E-state index in [2.05, 4.69) is 64.5 Å². The van der Waals surface area contributed by atoms with Gasteiger partial charge < -0.3 is 16.0 Å². The van der Waals surface area contributed by atoms with Crippen molar-refractivity contribution in [1.82, 2.24) is 16.0 Å². The molecule has 0 heterocycles. The lowest BCUT2D eigenvalue weighted by Gasteiger charge is -2.08. The lowest BCUT2D eigenvalue weighted by atomic mass is 10.2. The van der Waals surface area contributed by atoms with Crippen molar-refractivity contribution >= 4 is 12.4 Å². The van der Waals surface area contributed by atoms with Crippen molar-refractivity contribution in [3.63, 3.8) is 0 Å². The zero-order valence-electron chi connectivity index (χ0n) is 12.9. The van der Waals surface area contributed by atoms with Crippen LogP contribution in [0.1, 0.15) is 11.1 Å². The Morgan fingerprint density at radius 2 is 0.864 bits per heavy atom. The predicted octanol–water partition coefficient (Wildman–Crippen LogP) is 2.58. The quantitative estimate of drug-likeness (QED) is 0.589. The summed E-state index contributed by atoms with van der Waals surface area (Å²) < 4.78 is 0. The van der Waals surface area contributed by atoms with E-state index in [0.717, 1.165) is 39.3 Å². The number of nitrogens with one attached hydrogen (secondary N) is 3. The van der Waals surface area contributed by atoms with Gasteiger partial charge in [0.25, 0.3) is 0 Å². The van der Waals surface area contributed by atoms with Crippen LogP contribution >= 0.6 is 12.4 Å². The minimum atomic E-state index is 0. The van der Waals surface area contributed by atoms with Gasteiger partial charge in [-0.3, -0.25) is 0 Å². The summed E-state index contributed by atoms with van der Waals surface area (Å²) in [7, 11) is 0. The fourth-order valence-corrected chi connectivity index (χ4v) is 2.14. The molecule has 3 nitrogen and oxygen atoms in total. The SMILES string of the molecule is Cl.c1ccc(CNCCNCCNCc2ccccc2)cc1. The maximum atomic E-state index is 3.44. The van der Waals surface area contributed by atoms with Crippen molar-refractivity contribution in [1.29, 1.82) is 0 Å². The van der Waals surface area contributed by atoms with Crippen LogP contribution in [0.5, 0.6) is 0 Å². The van der Waals surface area contributed by atoms with E-state index < -0.39 is 0 Å². The average Bonchev–Trinajstić information content (AvgIpc) is 2.55. The standard InChI is InChI=1S/C18H25N3.ClH/c1-3-7-17(8-4-1)15-20-13-11-19-12-14-21-16-18-9-5-2-6-10-18;/h1-10,19-21H,11-16H2;1H. The Morgan fingerprint density at radius 3 is 1.27 bits per heavy atom. The molecule has 0 fully saturated rings. The van der Waals surface area contributed by atoms with E-state index in [1.807, 2.05) is 12.1 Å². The monoisotopic (exact) mass is 319 g/mol. The van der Waals surface area contributed by atoms with Crippen LogP contribution in [0.2, 0.25) is 0 Å². The topological polar surface area (TPSA) is 36.1 Å². The van der Waals surface area contributed by atoms with Gasteiger partial charge in [-0.05, 0) is 11.1 Å². The largest absolute Gasteiger partial charge is 0.314 e. The van der Waals surface area contributed by atoms with Gasteiger partial charge in [0.05, 0.1) is 0 Å². The number of rotatable bonds is 10. The summed E-state index contributed by atoms with van der Waals surface area (Å²) in [6, 6.07) is 21.0. The third kappa shape index (κ3) is 8.15. The summed E-state index contributed by atoms with van der Waals surface area (Å²) in [4.78, 5) is 0. The zero-order chi connectivity index (χ0) is 14.6. The van der Waals surface area contributed by atoms with E-state index in [4.69, 9.17) is 0 Å². The molecule has 0 aromatic heterocycles. The minimum absolute atomic E-state index is 0. The third-order valence-corrected chi connectivity index (χ3v) is 3.30. The first-order chi connectivity index (χ1) is 10.4. The Bertz CT molecular complexity index is 431. The summed E-state index contributed by atoms with van der Waals surface area (Å²) in [6.45, 7) is 5.87. The Morgan fingerprint density at radius 1 is 0.500 bits per heavy atom. The smallest absolute Gasteiger partial charge is 0.0206 e. The molecule has 0 aliphatic rings. The maximum Gasteiger partial charge on any atom is 0.0206 e. The van der Waals surface area contributed by atoms with Crippen molar-refractivity contribution < 1.29 is 0 Å². The zero-order valence-corrected chi connectivity index (χ0v) is 13.7. The summed E-state index contributed by atoms with van der Waals surface area (Å²) in [5.74, 6) is 0. The number of hydrogen-bond donors (Lipinski definition) is 3. The minimum Gasteiger partial charge on any atom is -0.314 e. The second-order valence-corrected chi connectivity index (χ2v) is 5.07. The van der Waals surface area contributed by atoms with Crippen molar-refractivity contribution in [2.24, 2.45) is 0 Å². The number of hydrogen-bond acceptors (Lipinski definition) is 3. The molecule has 0 bridgehead atoms. The summed E-state index contributed by atoms with van der Waals surface area (Å²) in [6.07, 6.45) is 0. The molecule has 3 N–H and O–H groups in total. The Balaban J connectivity index is 0.00000242. The second kappa shape index (κ2) is 12.2. The molecule has 4 heteroatoms. The molecule has 0 aliphatic carbocycles. The van der Waals surface area contributed by atoms with E-state index in [0.29, 0.717) is 0 Å². The van der Waals surface area contributed by atoms with Crippen LogP contribution < -0.4 is 16.0 Å². The van der Waals surface area contributed by atoms with Crippen molar-refractivity contribution in [3.05, 3.63) is 71.8 Å². The van der Waals surface area contributed by atoms with E-state index in [1.165, 1.54) is 11.1 Å². The number of benzene rings is 2. The molecular weight excluding hydrogens is 294 g/mol. The predicted molar refractivity (Wildman–Crippen MR) is 96.4 cm³/mol. The molecule has 0 aliphatic heterocycles. The van der Waals surface area contributed by atoms with Crippen LogP contribution in [0.15, 0.2) is 60.7 Å². The van der Waals surface area contributed by atoms with Gasteiger partial charge in [-0.25, -0.2) is 0 Å². The molecule has 0 saturated carbocycles. The third-order valence-electron chi connectivity index (χ3n) is 3.30. The highest BCUT2D eigenvalue weighted by Crippen LogP contribution is 1.97. The van der Waals surface area contributed by atoms with Crippen molar-refractivity contribution in [2.75, 3.05) is 26.2 Å². The molecule has 0 spiro atoms. The first kappa shape index (κ1) is 18.7. The van der Waals surface area contributed by atoms with Crippen LogP contribution in [0.4, 0.5) is 0 Å². The molecule has 0 radical (unpaired) electrons. The molecule has 0 saturated heterocycles. The first-order valence-corrected chi connectivity index (χ1v) is 7.65. The van der Waals surface area contributed by atoms with Crippen molar-refractivity contribution in [3.8, 4) is 0 Å². The second-order valence-electron chi connectivity index (χ2n) is 5.07. The van der Waals surface area contributed by atoms with E-state index in [9.17, 15) is 0 Å². The molecule has 0 amide bonds. The van der Waals surface area contributed by atoms with E-state index in [-0.39, 0.29) is 12.4 Å². The number of halogens is 1. The maximum absolute atomic E-state index is 3.44. The van der Waals surface area contributed by atoms with E-state index >= 15 is 0 Å². The van der Waals surface area contributed by atoms with Gasteiger partial charge >= 0.3 is 0 Å². The molecular formula is C18H26ClN3. The van der Waals surface area contributed by atoms with Gasteiger partial charge in [0.2, 0.25) is 0 Å².